The number of sulfonamides is 1. The topological polar surface area (TPSA) is 74.7 Å². The first-order valence-corrected chi connectivity index (χ1v) is 6.81. The van der Waals surface area contributed by atoms with E-state index in [4.69, 9.17) is 5.11 Å². The predicted molar refractivity (Wildman–Crippen MR) is 63.0 cm³/mol. The normalized spacial score (nSPS) is 13.5. The van der Waals surface area contributed by atoms with Gasteiger partial charge in [-0.3, -0.25) is 4.79 Å². The molecular formula is C11H13F2NO4S. The Morgan fingerprint density at radius 3 is 2.37 bits per heavy atom. The van der Waals surface area contributed by atoms with Gasteiger partial charge in [0.15, 0.2) is 11.6 Å². The number of hydrogen-bond donors (Lipinski definition) is 1. The Morgan fingerprint density at radius 2 is 1.95 bits per heavy atom. The standard InChI is InChI=1S/C11H13F2NO4S/c1-3-10(11(15)16)14(2)19(17,18)7-4-5-8(12)9(13)6-7/h4-6,10H,3H2,1-2H3,(H,15,16). The molecule has 1 aromatic carbocycles. The van der Waals surface area contributed by atoms with Crippen LogP contribution in [0.3, 0.4) is 0 Å². The van der Waals surface area contributed by atoms with Crippen LogP contribution in [0.15, 0.2) is 23.1 Å². The Bertz CT molecular complexity index is 588. The van der Waals surface area contributed by atoms with Crippen LogP contribution in [-0.2, 0) is 14.8 Å². The number of benzene rings is 1. The number of likely N-dealkylation sites (N-methyl/N-ethyl adjacent to an activating group) is 1. The fourth-order valence-electron chi connectivity index (χ4n) is 1.56. The van der Waals surface area contributed by atoms with Crippen molar-refractivity contribution in [2.45, 2.75) is 24.3 Å². The molecule has 0 aromatic heterocycles. The van der Waals surface area contributed by atoms with Crippen LogP contribution in [0.2, 0.25) is 0 Å². The molecule has 0 saturated heterocycles. The Labute approximate surface area is 109 Å². The molecule has 0 amide bonds. The maximum atomic E-state index is 13.0. The van der Waals surface area contributed by atoms with Crippen LogP contribution in [0.5, 0.6) is 0 Å². The second kappa shape index (κ2) is 5.62. The number of aliphatic carboxylic acids is 1. The molecule has 0 radical (unpaired) electrons. The summed E-state index contributed by atoms with van der Waals surface area (Å²) >= 11 is 0. The summed E-state index contributed by atoms with van der Waals surface area (Å²) in [6.07, 6.45) is 0.0503. The van der Waals surface area contributed by atoms with E-state index in [0.29, 0.717) is 16.4 Å². The van der Waals surface area contributed by atoms with Crippen LogP contribution >= 0.6 is 0 Å². The van der Waals surface area contributed by atoms with Gasteiger partial charge in [-0.05, 0) is 24.6 Å². The van der Waals surface area contributed by atoms with Crippen LogP contribution in [0, 0.1) is 11.6 Å². The quantitative estimate of drug-likeness (QED) is 0.891. The summed E-state index contributed by atoms with van der Waals surface area (Å²) in [5.41, 5.74) is 0. The van der Waals surface area contributed by atoms with Crippen molar-refractivity contribution in [2.24, 2.45) is 0 Å². The molecule has 1 unspecified atom stereocenters. The third kappa shape index (κ3) is 3.07. The van der Waals surface area contributed by atoms with Crippen molar-refractivity contribution in [3.8, 4) is 0 Å². The van der Waals surface area contributed by atoms with Gasteiger partial charge in [-0.15, -0.1) is 0 Å². The first-order valence-electron chi connectivity index (χ1n) is 5.37. The predicted octanol–water partition coefficient (Wildman–Crippen LogP) is 1.45. The van der Waals surface area contributed by atoms with Gasteiger partial charge in [0, 0.05) is 7.05 Å². The van der Waals surface area contributed by atoms with Gasteiger partial charge < -0.3 is 5.11 Å². The second-order valence-corrected chi connectivity index (χ2v) is 5.86. The summed E-state index contributed by atoms with van der Waals surface area (Å²) in [6.45, 7) is 1.51. The van der Waals surface area contributed by atoms with Gasteiger partial charge in [-0.2, -0.15) is 4.31 Å². The third-order valence-corrected chi connectivity index (χ3v) is 4.54. The van der Waals surface area contributed by atoms with Crippen LogP contribution in [0.25, 0.3) is 0 Å². The SMILES string of the molecule is CCC(C(=O)O)N(C)S(=O)(=O)c1ccc(F)c(F)c1. The van der Waals surface area contributed by atoms with Crippen LogP contribution in [0.1, 0.15) is 13.3 Å². The van der Waals surface area contributed by atoms with Gasteiger partial charge in [0.2, 0.25) is 10.0 Å². The monoisotopic (exact) mass is 293 g/mol. The molecule has 1 N–H and O–H groups in total. The van der Waals surface area contributed by atoms with E-state index in [1.807, 2.05) is 0 Å². The molecular weight excluding hydrogens is 280 g/mol. The first-order chi connectivity index (χ1) is 8.71. The molecule has 0 heterocycles. The summed E-state index contributed by atoms with van der Waals surface area (Å²) in [7, 11) is -3.11. The van der Waals surface area contributed by atoms with Gasteiger partial charge >= 0.3 is 5.97 Å². The zero-order valence-corrected chi connectivity index (χ0v) is 11.1. The van der Waals surface area contributed by atoms with Crippen molar-refractivity contribution in [1.82, 2.24) is 4.31 Å². The summed E-state index contributed by atoms with van der Waals surface area (Å²) in [5.74, 6) is -3.79. The molecule has 0 fully saturated rings. The minimum Gasteiger partial charge on any atom is -0.480 e. The van der Waals surface area contributed by atoms with E-state index in [2.05, 4.69) is 0 Å². The molecule has 1 rings (SSSR count). The Morgan fingerprint density at radius 1 is 1.37 bits per heavy atom. The summed E-state index contributed by atoms with van der Waals surface area (Å²) in [4.78, 5) is 10.4. The van der Waals surface area contributed by atoms with Gasteiger partial charge in [0.05, 0.1) is 4.90 Å². The Balaban J connectivity index is 3.23. The van der Waals surface area contributed by atoms with Crippen molar-refractivity contribution in [3.05, 3.63) is 29.8 Å². The lowest BCUT2D eigenvalue weighted by atomic mass is 10.2. The molecule has 0 aliphatic heterocycles. The molecule has 8 heteroatoms. The van der Waals surface area contributed by atoms with Crippen LogP contribution in [-0.4, -0.2) is 36.9 Å². The zero-order valence-electron chi connectivity index (χ0n) is 10.3. The smallest absolute Gasteiger partial charge is 0.321 e. The summed E-state index contributed by atoms with van der Waals surface area (Å²) in [5, 5.41) is 8.91. The van der Waals surface area contributed by atoms with E-state index in [1.54, 1.807) is 0 Å². The Hall–Kier alpha value is -1.54. The molecule has 0 spiro atoms. The highest BCUT2D eigenvalue weighted by molar-refractivity contribution is 7.89. The van der Waals surface area contributed by atoms with Crippen molar-refractivity contribution in [3.63, 3.8) is 0 Å². The summed E-state index contributed by atoms with van der Waals surface area (Å²) in [6, 6.07) is 0.824. The highest BCUT2D eigenvalue weighted by Gasteiger charge is 2.31. The minimum atomic E-state index is -4.19. The molecule has 5 nitrogen and oxygen atoms in total. The molecule has 106 valence electrons. The van der Waals surface area contributed by atoms with Crippen LogP contribution in [0.4, 0.5) is 8.78 Å². The molecule has 0 aliphatic rings. The zero-order chi connectivity index (χ0) is 14.8. The number of carboxylic acid groups (broad SMARTS) is 1. The number of nitrogens with zero attached hydrogens (tertiary/aromatic N) is 1. The van der Waals surface area contributed by atoms with Crippen LogP contribution < -0.4 is 0 Å². The maximum absolute atomic E-state index is 13.0. The van der Waals surface area contributed by atoms with E-state index >= 15 is 0 Å². The van der Waals surface area contributed by atoms with Crippen molar-refractivity contribution in [2.75, 3.05) is 7.05 Å². The fourth-order valence-corrected chi connectivity index (χ4v) is 2.96. The van der Waals surface area contributed by atoms with Crippen molar-refractivity contribution in [1.29, 1.82) is 0 Å². The largest absolute Gasteiger partial charge is 0.480 e. The molecule has 1 atom stereocenters. The molecule has 0 bridgehead atoms. The lowest BCUT2D eigenvalue weighted by molar-refractivity contribution is -0.141. The van der Waals surface area contributed by atoms with Gasteiger partial charge in [0.1, 0.15) is 6.04 Å². The van der Waals surface area contributed by atoms with E-state index in [0.717, 1.165) is 13.1 Å². The summed E-state index contributed by atoms with van der Waals surface area (Å²) < 4.78 is 50.6. The highest BCUT2D eigenvalue weighted by Crippen LogP contribution is 2.20. The lowest BCUT2D eigenvalue weighted by Crippen LogP contribution is -2.41. The van der Waals surface area contributed by atoms with E-state index in [-0.39, 0.29) is 6.42 Å². The van der Waals surface area contributed by atoms with E-state index in [1.165, 1.54) is 6.92 Å². The number of carbonyl (C=O) groups is 1. The minimum absolute atomic E-state index is 0.0503. The number of carboxylic acids is 1. The van der Waals surface area contributed by atoms with Gasteiger partial charge in [0.25, 0.3) is 0 Å². The molecule has 19 heavy (non-hydrogen) atoms. The third-order valence-electron chi connectivity index (χ3n) is 2.68. The second-order valence-electron chi connectivity index (χ2n) is 3.86. The lowest BCUT2D eigenvalue weighted by Gasteiger charge is -2.23. The van der Waals surface area contributed by atoms with Gasteiger partial charge in [-0.25, -0.2) is 17.2 Å². The average molecular weight is 293 g/mol. The molecule has 0 saturated carbocycles. The van der Waals surface area contributed by atoms with Crippen molar-refractivity contribution < 1.29 is 27.1 Å². The van der Waals surface area contributed by atoms with Gasteiger partial charge in [-0.1, -0.05) is 6.92 Å². The van der Waals surface area contributed by atoms with E-state index in [9.17, 15) is 22.0 Å². The first kappa shape index (κ1) is 15.5. The average Bonchev–Trinajstić information content (AvgIpc) is 2.32. The highest BCUT2D eigenvalue weighted by atomic mass is 32.2. The molecule has 0 aliphatic carbocycles. The number of rotatable bonds is 5. The van der Waals surface area contributed by atoms with Crippen molar-refractivity contribution >= 4 is 16.0 Å². The maximum Gasteiger partial charge on any atom is 0.321 e. The fraction of sp³-hybridized carbons (Fsp3) is 0.364. The number of hydrogen-bond acceptors (Lipinski definition) is 3. The Kier molecular flexibility index (Phi) is 4.59. The van der Waals surface area contributed by atoms with E-state index < -0.39 is 38.6 Å². The number of halogens is 2. The molecule has 1 aromatic rings.